The van der Waals surface area contributed by atoms with Gasteiger partial charge >= 0.3 is 127 Å². The summed E-state index contributed by atoms with van der Waals surface area (Å²) in [5, 5.41) is 49.7. The predicted molar refractivity (Wildman–Crippen MR) is 91.9 cm³/mol. The Labute approximate surface area is 235 Å². The average Bonchev–Trinajstić information content (AvgIpc) is 2.42. The minimum atomic E-state index is -1.23. The summed E-state index contributed by atoms with van der Waals surface area (Å²) < 4.78 is 0. The summed E-state index contributed by atoms with van der Waals surface area (Å²) in [5.41, 5.74) is 0. The van der Waals surface area contributed by atoms with Crippen molar-refractivity contribution in [1.82, 2.24) is 9.80 Å². The van der Waals surface area contributed by atoms with Gasteiger partial charge in [-0.1, -0.05) is 0 Å². The molecule has 0 aromatic heterocycles. The number of hydrogen-bond acceptors (Lipinski definition) is 8. The Hall–Kier alpha value is 0.993. The monoisotopic (exact) mass is 434 g/mol. The molecule has 0 spiro atoms. The zero-order valence-electron chi connectivity index (χ0n) is 12.9. The van der Waals surface area contributed by atoms with Crippen molar-refractivity contribution in [1.29, 1.82) is 0 Å². The van der Waals surface area contributed by atoms with Gasteiger partial charge in [-0.2, -0.15) is 0 Å². The third-order valence-electron chi connectivity index (χ3n) is 2.27. The van der Waals surface area contributed by atoms with E-state index in [1.165, 1.54) is 0 Å². The van der Waals surface area contributed by atoms with Crippen molar-refractivity contribution in [3.63, 3.8) is 0 Å². The molecule has 0 radical (unpaired) electrons. The van der Waals surface area contributed by atoms with Gasteiger partial charge in [0.15, 0.2) is 0 Å². The average molecular weight is 435 g/mol. The van der Waals surface area contributed by atoms with E-state index < -0.39 is 50.1 Å². The van der Waals surface area contributed by atoms with Gasteiger partial charge in [-0.05, 0) is 0 Å². The molecule has 0 aliphatic rings. The minimum absolute atomic E-state index is 0. The molecule has 6 N–H and O–H groups in total. The topological polar surface area (TPSA) is 196 Å². The fourth-order valence-corrected chi connectivity index (χ4v) is 1.48. The summed E-state index contributed by atoms with van der Waals surface area (Å²) in [6.07, 6.45) is 0. The molecule has 14 heteroatoms. The molecule has 0 fully saturated rings. The number of aliphatic hydroxyl groups is 2. The van der Waals surface area contributed by atoms with E-state index >= 15 is 0 Å². The quantitative estimate of drug-likeness (QED) is 0.162. The Kier molecular flexibility index (Phi) is 29.6. The number of aliphatic hydroxyl groups excluding tert-OH is 2. The summed E-state index contributed by atoms with van der Waals surface area (Å²) in [6.45, 7) is -2.50. The third-order valence-corrected chi connectivity index (χ3v) is 2.27. The Bertz CT molecular complexity index is 355. The zero-order chi connectivity index (χ0) is 19.1. The second-order valence-corrected chi connectivity index (χ2v) is 4.44. The van der Waals surface area contributed by atoms with Crippen LogP contribution in [0.15, 0.2) is 0 Å². The molecule has 0 unspecified atom stereocenters. The van der Waals surface area contributed by atoms with Gasteiger partial charge in [0.2, 0.25) is 0 Å². The first-order chi connectivity index (χ1) is 11.1. The maximum absolute atomic E-state index is 10.6. The van der Waals surface area contributed by atoms with Crippen LogP contribution in [0.5, 0.6) is 0 Å². The van der Waals surface area contributed by atoms with Crippen molar-refractivity contribution in [2.24, 2.45) is 0 Å². The first-order valence-electron chi connectivity index (χ1n) is 6.65. The van der Waals surface area contributed by atoms with Crippen LogP contribution in [-0.2, 0) is 19.2 Å². The van der Waals surface area contributed by atoms with E-state index in [0.717, 1.165) is 9.80 Å². The Balaban J connectivity index is -0.000000363. The van der Waals surface area contributed by atoms with Gasteiger partial charge in [0.05, 0.1) is 39.4 Å². The third kappa shape index (κ3) is 27.2. The van der Waals surface area contributed by atoms with Crippen molar-refractivity contribution in [3.05, 3.63) is 0 Å². The maximum atomic E-state index is 10.6. The van der Waals surface area contributed by atoms with E-state index in [2.05, 4.69) is 0 Å². The summed E-state index contributed by atoms with van der Waals surface area (Å²) in [4.78, 5) is 44.4. The normalized spacial score (nSPS) is 9.38. The summed E-state index contributed by atoms with van der Waals surface area (Å²) in [5.74, 6) is -4.91. The van der Waals surface area contributed by atoms with Gasteiger partial charge in [0, 0.05) is 13.1 Å². The van der Waals surface area contributed by atoms with Crippen LogP contribution < -0.4 is 0 Å². The second-order valence-electron chi connectivity index (χ2n) is 4.44. The Morgan fingerprint density at radius 2 is 0.731 bits per heavy atom. The number of nitrogens with zero attached hydrogens (tertiary/aromatic N) is 2. The van der Waals surface area contributed by atoms with Gasteiger partial charge in [-0.25, -0.2) is 0 Å². The van der Waals surface area contributed by atoms with Crippen LogP contribution in [0.4, 0.5) is 0 Å². The van der Waals surface area contributed by atoms with Gasteiger partial charge in [0.25, 0.3) is 0 Å². The number of rotatable bonds is 12. The number of carboxylic acids is 4. The molecule has 12 nitrogen and oxygen atoms in total. The van der Waals surface area contributed by atoms with Crippen LogP contribution in [0.2, 0.25) is 0 Å². The van der Waals surface area contributed by atoms with Crippen LogP contribution in [0.3, 0.4) is 0 Å². The van der Waals surface area contributed by atoms with Gasteiger partial charge in [-0.15, -0.1) is 0 Å². The molecule has 0 saturated heterocycles. The number of hydrogen-bond donors (Lipinski definition) is 6. The molecular weight excluding hydrogens is 410 g/mol. The van der Waals surface area contributed by atoms with Crippen molar-refractivity contribution in [2.75, 3.05) is 52.5 Å². The molecule has 144 valence electrons. The van der Waals surface area contributed by atoms with E-state index in [1.54, 1.807) is 0 Å². The first kappa shape index (κ1) is 34.5. The van der Waals surface area contributed by atoms with E-state index in [4.69, 9.17) is 30.6 Å². The van der Waals surface area contributed by atoms with Crippen molar-refractivity contribution >= 4 is 127 Å². The standard InChI is InChI=1S/C10H16N2O8.C2H6O2.2K.2H/c13-7(14)3-11(4-8(15)16)1-2-12(5-9(17)18)6-10(19)20;3-1-2-4;;;;/h1-6H2,(H,13,14)(H,15,16)(H,17,18)(H,19,20);3-4H,1-2H2;;;;. The van der Waals surface area contributed by atoms with E-state index in [9.17, 15) is 19.2 Å². The molecule has 0 bridgehead atoms. The SMILES string of the molecule is O=C(O)CN(CCN(CC(=O)O)CC(=O)O)CC(=O)O.OCCO.[KH].[KH]. The summed E-state index contributed by atoms with van der Waals surface area (Å²) >= 11 is 0. The molecular formula is C12H24K2N2O10. The number of aliphatic carboxylic acids is 4. The number of carboxylic acid groups (broad SMARTS) is 4. The van der Waals surface area contributed by atoms with Crippen LogP contribution in [0.1, 0.15) is 0 Å². The molecule has 0 atom stereocenters. The molecule has 0 aromatic rings. The van der Waals surface area contributed by atoms with Crippen molar-refractivity contribution < 1.29 is 49.8 Å². The van der Waals surface area contributed by atoms with Crippen LogP contribution in [-0.4, -0.2) is 220 Å². The molecule has 0 rings (SSSR count). The number of carbonyl (C=O) groups is 4. The Morgan fingerprint density at radius 3 is 0.846 bits per heavy atom. The molecule has 0 heterocycles. The van der Waals surface area contributed by atoms with Crippen LogP contribution in [0.25, 0.3) is 0 Å². The zero-order valence-corrected chi connectivity index (χ0v) is 12.9. The Morgan fingerprint density at radius 1 is 0.538 bits per heavy atom. The summed E-state index contributed by atoms with van der Waals surface area (Å²) in [6, 6.07) is 0. The van der Waals surface area contributed by atoms with E-state index in [0.29, 0.717) is 0 Å². The van der Waals surface area contributed by atoms with E-state index in [1.807, 2.05) is 0 Å². The second kappa shape index (κ2) is 22.3. The molecule has 0 aliphatic heterocycles. The van der Waals surface area contributed by atoms with Gasteiger partial charge in [0.1, 0.15) is 0 Å². The first-order valence-corrected chi connectivity index (χ1v) is 6.65. The van der Waals surface area contributed by atoms with Crippen LogP contribution in [0, 0.1) is 0 Å². The molecule has 0 aliphatic carbocycles. The molecule has 0 amide bonds. The van der Waals surface area contributed by atoms with Crippen molar-refractivity contribution in [2.45, 2.75) is 0 Å². The van der Waals surface area contributed by atoms with E-state index in [-0.39, 0.29) is 129 Å². The summed E-state index contributed by atoms with van der Waals surface area (Å²) in [7, 11) is 0. The van der Waals surface area contributed by atoms with Crippen molar-refractivity contribution in [3.8, 4) is 0 Å². The van der Waals surface area contributed by atoms with Crippen LogP contribution >= 0.6 is 0 Å². The molecule has 0 aromatic carbocycles. The van der Waals surface area contributed by atoms with Gasteiger partial charge in [-0.3, -0.25) is 29.0 Å². The predicted octanol–water partition coefficient (Wildman–Crippen LogP) is -4.40. The fourth-order valence-electron chi connectivity index (χ4n) is 1.48. The van der Waals surface area contributed by atoms with Gasteiger partial charge < -0.3 is 30.6 Å². The molecule has 26 heavy (non-hydrogen) atoms. The fraction of sp³-hybridized carbons (Fsp3) is 0.667. The molecule has 0 saturated carbocycles.